The van der Waals surface area contributed by atoms with Crippen molar-refractivity contribution >= 4 is 63.5 Å². The quantitative estimate of drug-likeness (QED) is 0.290. The number of anilines is 3. The lowest BCUT2D eigenvalue weighted by atomic mass is 10.1. The maximum atomic E-state index is 13.1. The third kappa shape index (κ3) is 7.14. The number of hydrogen-bond donors (Lipinski definition) is 2. The minimum absolute atomic E-state index is 0.0336. The first-order chi connectivity index (χ1) is 18.8. The minimum Gasteiger partial charge on any atom is -0.378 e. The summed E-state index contributed by atoms with van der Waals surface area (Å²) in [5.74, 6) is -0.378. The predicted octanol–water partition coefficient (Wildman–Crippen LogP) is 3.66. The Morgan fingerprint density at radius 3 is 2.33 bits per heavy atom. The van der Waals surface area contributed by atoms with Gasteiger partial charge in [0.2, 0.25) is 5.91 Å². The topological polar surface area (TPSA) is 120 Å². The van der Waals surface area contributed by atoms with Crippen molar-refractivity contribution in [1.29, 1.82) is 0 Å². The molecule has 2 amide bonds. The lowest BCUT2D eigenvalue weighted by Gasteiger charge is -2.36. The Kier molecular flexibility index (Phi) is 9.54. The van der Waals surface area contributed by atoms with Crippen LogP contribution in [-0.4, -0.2) is 79.2 Å². The summed E-state index contributed by atoms with van der Waals surface area (Å²) in [5.41, 5.74) is 1.98. The van der Waals surface area contributed by atoms with Crippen LogP contribution in [0.5, 0.6) is 0 Å². The number of nitrogens with zero attached hydrogens (tertiary/aromatic N) is 4. The van der Waals surface area contributed by atoms with Crippen LogP contribution < -0.4 is 20.4 Å². The Morgan fingerprint density at radius 2 is 1.69 bits per heavy atom. The molecule has 0 spiro atoms. The summed E-state index contributed by atoms with van der Waals surface area (Å²) in [7, 11) is 0. The Balaban J connectivity index is 1.40. The highest BCUT2D eigenvalue weighted by Gasteiger charge is 2.24. The van der Waals surface area contributed by atoms with E-state index in [9.17, 15) is 19.7 Å². The molecule has 11 nitrogen and oxygen atoms in total. The van der Waals surface area contributed by atoms with Gasteiger partial charge in [0.05, 0.1) is 40.1 Å². The third-order valence-corrected chi connectivity index (χ3v) is 7.16. The van der Waals surface area contributed by atoms with Gasteiger partial charge in [0.25, 0.3) is 11.6 Å². The molecule has 2 N–H and O–H groups in total. The van der Waals surface area contributed by atoms with Crippen molar-refractivity contribution in [3.63, 3.8) is 0 Å². The number of hydrogen-bond acceptors (Lipinski definition) is 8. The van der Waals surface area contributed by atoms with Crippen LogP contribution in [-0.2, 0) is 9.53 Å². The zero-order valence-electron chi connectivity index (χ0n) is 21.7. The van der Waals surface area contributed by atoms with Gasteiger partial charge < -0.3 is 24.8 Å². The molecule has 2 aromatic carbocycles. The van der Waals surface area contributed by atoms with E-state index in [4.69, 9.17) is 28.6 Å². The van der Waals surface area contributed by atoms with Gasteiger partial charge in [-0.1, -0.05) is 18.5 Å². The zero-order chi connectivity index (χ0) is 27.9. The largest absolute Gasteiger partial charge is 0.378 e. The van der Waals surface area contributed by atoms with Gasteiger partial charge in [-0.15, -0.1) is 0 Å². The summed E-state index contributed by atoms with van der Waals surface area (Å²) in [6.45, 7) is 6.80. The number of thiocarbonyl (C=S) groups is 1. The van der Waals surface area contributed by atoms with Gasteiger partial charge in [-0.05, 0) is 42.9 Å². The van der Waals surface area contributed by atoms with Crippen molar-refractivity contribution in [3.8, 4) is 0 Å². The van der Waals surface area contributed by atoms with Crippen molar-refractivity contribution in [1.82, 2.24) is 10.2 Å². The van der Waals surface area contributed by atoms with Crippen LogP contribution in [0.2, 0.25) is 5.02 Å². The Hall–Kier alpha value is -3.48. The monoisotopic (exact) mass is 574 g/mol. The molecule has 2 heterocycles. The van der Waals surface area contributed by atoms with E-state index in [0.29, 0.717) is 75.3 Å². The number of carbonyl (C=O) groups excluding carboxylic acids is 2. The molecule has 0 saturated carbocycles. The number of amides is 2. The molecule has 0 atom stereocenters. The minimum atomic E-state index is -0.559. The van der Waals surface area contributed by atoms with Crippen molar-refractivity contribution in [2.45, 2.75) is 19.8 Å². The van der Waals surface area contributed by atoms with Gasteiger partial charge in [-0.25, -0.2) is 0 Å². The van der Waals surface area contributed by atoms with Crippen LogP contribution in [0, 0.1) is 10.1 Å². The maximum Gasteiger partial charge on any atom is 0.270 e. The third-order valence-electron chi connectivity index (χ3n) is 6.66. The number of piperazine rings is 1. The molecular weight excluding hydrogens is 544 g/mol. The van der Waals surface area contributed by atoms with Crippen LogP contribution in [0.15, 0.2) is 36.4 Å². The Morgan fingerprint density at radius 1 is 1.03 bits per heavy atom. The second-order valence-electron chi connectivity index (χ2n) is 9.25. The summed E-state index contributed by atoms with van der Waals surface area (Å²) in [6, 6.07) is 9.61. The number of morpholine rings is 1. The van der Waals surface area contributed by atoms with E-state index >= 15 is 0 Å². The molecule has 13 heteroatoms. The molecule has 0 aliphatic carbocycles. The van der Waals surface area contributed by atoms with Gasteiger partial charge in [0.1, 0.15) is 0 Å². The van der Waals surface area contributed by atoms with Gasteiger partial charge in [0, 0.05) is 63.5 Å². The van der Waals surface area contributed by atoms with Crippen LogP contribution in [0.4, 0.5) is 22.7 Å². The van der Waals surface area contributed by atoms with E-state index < -0.39 is 10.8 Å². The molecule has 2 saturated heterocycles. The maximum absolute atomic E-state index is 13.1. The number of nitro benzene ring substituents is 1. The molecule has 2 aliphatic heterocycles. The van der Waals surface area contributed by atoms with Crippen LogP contribution in [0.3, 0.4) is 0 Å². The zero-order valence-corrected chi connectivity index (χ0v) is 23.2. The average molecular weight is 575 g/mol. The van der Waals surface area contributed by atoms with E-state index in [-0.39, 0.29) is 22.3 Å². The predicted molar refractivity (Wildman–Crippen MR) is 155 cm³/mol. The molecule has 2 aliphatic rings. The molecule has 0 aromatic heterocycles. The highest BCUT2D eigenvalue weighted by molar-refractivity contribution is 7.80. The van der Waals surface area contributed by atoms with E-state index in [1.54, 1.807) is 18.2 Å². The van der Waals surface area contributed by atoms with Crippen LogP contribution in [0.25, 0.3) is 0 Å². The second-order valence-corrected chi connectivity index (χ2v) is 10.1. The van der Waals surface area contributed by atoms with Gasteiger partial charge in [-0.3, -0.25) is 25.0 Å². The smallest absolute Gasteiger partial charge is 0.270 e. The fraction of sp³-hybridized carbons (Fsp3) is 0.423. The van der Waals surface area contributed by atoms with E-state index in [1.165, 1.54) is 12.1 Å². The number of nitrogens with one attached hydrogen (secondary N) is 2. The number of ether oxygens (including phenoxy) is 1. The highest BCUT2D eigenvalue weighted by Crippen LogP contribution is 2.30. The number of nitro groups is 1. The van der Waals surface area contributed by atoms with Crippen molar-refractivity contribution in [3.05, 3.63) is 57.1 Å². The van der Waals surface area contributed by atoms with Crippen molar-refractivity contribution in [2.24, 2.45) is 0 Å². The molecular formula is C26H31ClN6O5S. The number of carbonyl (C=O) groups is 2. The average Bonchev–Trinajstić information content (AvgIpc) is 2.93. The summed E-state index contributed by atoms with van der Waals surface area (Å²) >= 11 is 11.9. The summed E-state index contributed by atoms with van der Waals surface area (Å²) in [6.07, 6.45) is 1.40. The second kappa shape index (κ2) is 13.0. The summed E-state index contributed by atoms with van der Waals surface area (Å²) in [4.78, 5) is 42.1. The molecule has 0 unspecified atom stereocenters. The number of rotatable bonds is 7. The first kappa shape index (κ1) is 28.5. The van der Waals surface area contributed by atoms with Gasteiger partial charge >= 0.3 is 0 Å². The number of halogens is 1. The summed E-state index contributed by atoms with van der Waals surface area (Å²) < 4.78 is 5.38. The number of non-ortho nitro benzene ring substituents is 1. The standard InChI is InChI=1S/C26H31ClN6O5S/c1-2-3-24(34)32-10-8-30(9-11-32)23-6-4-18(16-21(23)27)28-26(39)29-25(35)20-17-19(33(36)37)5-7-22(20)31-12-14-38-15-13-31/h4-7,16-17H,2-3,8-15H2,1H3,(H2,28,29,35,39). The lowest BCUT2D eigenvalue weighted by molar-refractivity contribution is -0.384. The molecule has 2 fully saturated rings. The van der Waals surface area contributed by atoms with Crippen molar-refractivity contribution in [2.75, 3.05) is 67.6 Å². The molecule has 4 rings (SSSR count). The molecule has 2 aromatic rings. The summed E-state index contributed by atoms with van der Waals surface area (Å²) in [5, 5.41) is 17.5. The fourth-order valence-corrected chi connectivity index (χ4v) is 5.15. The Labute approximate surface area is 237 Å². The molecule has 0 radical (unpaired) electrons. The van der Waals surface area contributed by atoms with E-state index in [2.05, 4.69) is 15.5 Å². The first-order valence-electron chi connectivity index (χ1n) is 12.8. The fourth-order valence-electron chi connectivity index (χ4n) is 4.64. The molecule has 0 bridgehead atoms. The molecule has 208 valence electrons. The van der Waals surface area contributed by atoms with Gasteiger partial charge in [-0.2, -0.15) is 0 Å². The van der Waals surface area contributed by atoms with Crippen LogP contribution >= 0.6 is 23.8 Å². The first-order valence-corrected chi connectivity index (χ1v) is 13.6. The van der Waals surface area contributed by atoms with Gasteiger partial charge in [0.15, 0.2) is 5.11 Å². The SMILES string of the molecule is CCCC(=O)N1CCN(c2ccc(NC(=S)NC(=O)c3cc([N+](=O)[O-])ccc3N3CCOCC3)cc2Cl)CC1. The number of benzene rings is 2. The Bertz CT molecular complexity index is 1250. The van der Waals surface area contributed by atoms with Crippen LogP contribution in [0.1, 0.15) is 30.1 Å². The normalized spacial score (nSPS) is 15.6. The lowest BCUT2D eigenvalue weighted by Crippen LogP contribution is -2.48. The van der Waals surface area contributed by atoms with Crippen molar-refractivity contribution < 1.29 is 19.2 Å². The van der Waals surface area contributed by atoms with E-state index in [1.807, 2.05) is 22.8 Å². The molecule has 39 heavy (non-hydrogen) atoms. The highest BCUT2D eigenvalue weighted by atomic mass is 35.5. The van der Waals surface area contributed by atoms with E-state index in [0.717, 1.165) is 12.1 Å².